The molecular weight excluding hydrogens is 384 g/mol. The normalized spacial score (nSPS) is 16.9. The maximum Gasteiger partial charge on any atom is 0.267 e. The summed E-state index contributed by atoms with van der Waals surface area (Å²) in [6, 6.07) is 13.1. The van der Waals surface area contributed by atoms with Gasteiger partial charge < -0.3 is 19.5 Å². The van der Waals surface area contributed by atoms with E-state index in [1.54, 1.807) is 12.0 Å². The number of hydrogen-bond donors (Lipinski definition) is 1. The maximum atomic E-state index is 12.7. The van der Waals surface area contributed by atoms with Gasteiger partial charge in [-0.05, 0) is 48.0 Å². The van der Waals surface area contributed by atoms with Crippen LogP contribution in [0.4, 0.5) is 5.69 Å². The largest absolute Gasteiger partial charge is 0.497 e. The second-order valence-corrected chi connectivity index (χ2v) is 7.46. The van der Waals surface area contributed by atoms with E-state index in [9.17, 15) is 4.79 Å². The highest BCUT2D eigenvalue weighted by atomic mass is 32.2. The summed E-state index contributed by atoms with van der Waals surface area (Å²) in [7, 11) is 1.62. The SMILES string of the molecule is COc1ccc(NCN2C(=O)/C(=C/c3ccc4c(c3)OCO4)SC2=S)cc1. The van der Waals surface area contributed by atoms with Gasteiger partial charge in [0.15, 0.2) is 11.5 Å². The molecule has 0 atom stereocenters. The molecule has 8 heteroatoms. The lowest BCUT2D eigenvalue weighted by molar-refractivity contribution is -0.121. The highest BCUT2D eigenvalue weighted by Crippen LogP contribution is 2.36. The molecule has 138 valence electrons. The molecule has 2 aromatic rings. The van der Waals surface area contributed by atoms with Crippen LogP contribution in [0.2, 0.25) is 0 Å². The third kappa shape index (κ3) is 3.72. The number of nitrogens with zero attached hydrogens (tertiary/aromatic N) is 1. The van der Waals surface area contributed by atoms with E-state index in [0.717, 1.165) is 17.0 Å². The number of carbonyl (C=O) groups is 1. The molecule has 4 rings (SSSR count). The maximum absolute atomic E-state index is 12.7. The fourth-order valence-corrected chi connectivity index (χ4v) is 3.92. The number of thiocarbonyl (C=S) groups is 1. The van der Waals surface area contributed by atoms with Crippen LogP contribution in [-0.4, -0.2) is 35.7 Å². The third-order valence-electron chi connectivity index (χ3n) is 4.10. The fraction of sp³-hybridized carbons (Fsp3) is 0.158. The Morgan fingerprint density at radius 1 is 1.22 bits per heavy atom. The van der Waals surface area contributed by atoms with E-state index in [1.807, 2.05) is 48.5 Å². The molecule has 0 bridgehead atoms. The Balaban J connectivity index is 1.45. The first kappa shape index (κ1) is 17.7. The molecule has 0 aliphatic carbocycles. The number of carbonyl (C=O) groups excluding carboxylic acids is 1. The van der Waals surface area contributed by atoms with Gasteiger partial charge in [-0.25, -0.2) is 0 Å². The van der Waals surface area contributed by atoms with E-state index in [-0.39, 0.29) is 12.7 Å². The lowest BCUT2D eigenvalue weighted by Gasteiger charge is -2.16. The van der Waals surface area contributed by atoms with E-state index in [4.69, 9.17) is 26.4 Å². The second-order valence-electron chi connectivity index (χ2n) is 5.79. The zero-order valence-corrected chi connectivity index (χ0v) is 16.1. The summed E-state index contributed by atoms with van der Waals surface area (Å²) in [4.78, 5) is 14.8. The minimum absolute atomic E-state index is 0.122. The third-order valence-corrected chi connectivity index (χ3v) is 5.48. The summed E-state index contributed by atoms with van der Waals surface area (Å²) in [5.74, 6) is 2.05. The van der Waals surface area contributed by atoms with Crippen molar-refractivity contribution in [1.82, 2.24) is 4.90 Å². The van der Waals surface area contributed by atoms with Crippen molar-refractivity contribution >= 4 is 46.0 Å². The van der Waals surface area contributed by atoms with Crippen molar-refractivity contribution < 1.29 is 19.0 Å². The fourth-order valence-electron chi connectivity index (χ4n) is 2.67. The number of fused-ring (bicyclic) bond motifs is 1. The number of methoxy groups -OCH3 is 1. The van der Waals surface area contributed by atoms with Gasteiger partial charge in [0, 0.05) is 5.69 Å². The van der Waals surface area contributed by atoms with Crippen LogP contribution in [0, 0.1) is 0 Å². The summed E-state index contributed by atoms with van der Waals surface area (Å²) in [5, 5.41) is 3.20. The highest BCUT2D eigenvalue weighted by molar-refractivity contribution is 8.26. The summed E-state index contributed by atoms with van der Waals surface area (Å²) in [5.41, 5.74) is 1.74. The molecule has 1 N–H and O–H groups in total. The van der Waals surface area contributed by atoms with Crippen LogP contribution in [-0.2, 0) is 4.79 Å². The molecule has 1 saturated heterocycles. The lowest BCUT2D eigenvalue weighted by atomic mass is 10.2. The number of amides is 1. The summed E-state index contributed by atoms with van der Waals surface area (Å²) in [6.07, 6.45) is 1.81. The van der Waals surface area contributed by atoms with Crippen LogP contribution >= 0.6 is 24.0 Å². The molecule has 1 fully saturated rings. The summed E-state index contributed by atoms with van der Waals surface area (Å²) < 4.78 is 16.3. The van der Waals surface area contributed by atoms with Crippen LogP contribution < -0.4 is 19.5 Å². The Morgan fingerprint density at radius 2 is 2.00 bits per heavy atom. The molecule has 2 heterocycles. The first-order valence-electron chi connectivity index (χ1n) is 8.17. The van der Waals surface area contributed by atoms with Crippen molar-refractivity contribution in [1.29, 1.82) is 0 Å². The highest BCUT2D eigenvalue weighted by Gasteiger charge is 2.31. The molecule has 1 amide bonds. The van der Waals surface area contributed by atoms with E-state index >= 15 is 0 Å². The van der Waals surface area contributed by atoms with E-state index in [1.165, 1.54) is 11.8 Å². The first-order chi connectivity index (χ1) is 13.1. The predicted molar refractivity (Wildman–Crippen MR) is 109 cm³/mol. The molecule has 2 aromatic carbocycles. The molecule has 0 spiro atoms. The number of nitrogens with one attached hydrogen (secondary N) is 1. The topological polar surface area (TPSA) is 60.0 Å². The van der Waals surface area contributed by atoms with E-state index in [2.05, 4.69) is 5.32 Å². The van der Waals surface area contributed by atoms with Crippen molar-refractivity contribution in [3.8, 4) is 17.2 Å². The average molecular weight is 400 g/mol. The number of thioether (sulfide) groups is 1. The monoisotopic (exact) mass is 400 g/mol. The zero-order valence-electron chi connectivity index (χ0n) is 14.4. The Hall–Kier alpha value is -2.71. The molecule has 2 aliphatic heterocycles. The molecule has 2 aliphatic rings. The molecule has 0 radical (unpaired) electrons. The Labute approximate surface area is 166 Å². The van der Waals surface area contributed by atoms with Gasteiger partial charge >= 0.3 is 0 Å². The Kier molecular flexibility index (Phi) is 4.91. The van der Waals surface area contributed by atoms with Gasteiger partial charge in [0.2, 0.25) is 6.79 Å². The Bertz CT molecular complexity index is 928. The number of rotatable bonds is 5. The number of hydrogen-bond acceptors (Lipinski definition) is 7. The minimum atomic E-state index is -0.122. The molecule has 0 saturated carbocycles. The van der Waals surface area contributed by atoms with Crippen molar-refractivity contribution in [3.05, 3.63) is 52.9 Å². The van der Waals surface area contributed by atoms with Crippen LogP contribution in [0.25, 0.3) is 6.08 Å². The number of ether oxygens (including phenoxy) is 3. The van der Waals surface area contributed by atoms with Crippen LogP contribution in [0.5, 0.6) is 17.2 Å². The van der Waals surface area contributed by atoms with E-state index in [0.29, 0.717) is 27.4 Å². The first-order valence-corrected chi connectivity index (χ1v) is 9.39. The van der Waals surface area contributed by atoms with Crippen LogP contribution in [0.1, 0.15) is 5.56 Å². The van der Waals surface area contributed by atoms with Crippen LogP contribution in [0.3, 0.4) is 0 Å². The quantitative estimate of drug-likeness (QED) is 0.607. The van der Waals surface area contributed by atoms with Crippen molar-refractivity contribution in [2.75, 3.05) is 25.9 Å². The number of benzene rings is 2. The van der Waals surface area contributed by atoms with Gasteiger partial charge in [-0.3, -0.25) is 9.69 Å². The van der Waals surface area contributed by atoms with Gasteiger partial charge in [0.25, 0.3) is 5.91 Å². The van der Waals surface area contributed by atoms with Crippen molar-refractivity contribution in [3.63, 3.8) is 0 Å². The minimum Gasteiger partial charge on any atom is -0.497 e. The number of anilines is 1. The smallest absolute Gasteiger partial charge is 0.267 e. The lowest BCUT2D eigenvalue weighted by Crippen LogP contribution is -2.33. The van der Waals surface area contributed by atoms with Gasteiger partial charge in [-0.15, -0.1) is 0 Å². The van der Waals surface area contributed by atoms with Gasteiger partial charge in [-0.1, -0.05) is 30.0 Å². The van der Waals surface area contributed by atoms with Gasteiger partial charge in [0.05, 0.1) is 18.7 Å². The van der Waals surface area contributed by atoms with Crippen molar-refractivity contribution in [2.45, 2.75) is 0 Å². The summed E-state index contributed by atoms with van der Waals surface area (Å²) in [6.45, 7) is 0.521. The van der Waals surface area contributed by atoms with Gasteiger partial charge in [0.1, 0.15) is 10.1 Å². The molecule has 0 unspecified atom stereocenters. The average Bonchev–Trinajstić information content (AvgIpc) is 3.25. The molecule has 6 nitrogen and oxygen atoms in total. The van der Waals surface area contributed by atoms with Crippen LogP contribution in [0.15, 0.2) is 47.4 Å². The van der Waals surface area contributed by atoms with Crippen molar-refractivity contribution in [2.24, 2.45) is 0 Å². The summed E-state index contributed by atoms with van der Waals surface area (Å²) >= 11 is 6.66. The second kappa shape index (κ2) is 7.50. The molecule has 27 heavy (non-hydrogen) atoms. The van der Waals surface area contributed by atoms with E-state index < -0.39 is 0 Å². The zero-order chi connectivity index (χ0) is 18.8. The predicted octanol–water partition coefficient (Wildman–Crippen LogP) is 3.69. The molecule has 0 aromatic heterocycles. The van der Waals surface area contributed by atoms with Gasteiger partial charge in [-0.2, -0.15) is 0 Å². The molecular formula is C19H16N2O4S2. The standard InChI is InChI=1S/C19H16N2O4S2/c1-23-14-5-3-13(4-6-14)20-10-21-18(22)17(27-19(21)26)9-12-2-7-15-16(8-12)25-11-24-15/h2-9,20H,10-11H2,1H3/b17-9-. The Morgan fingerprint density at radius 3 is 2.78 bits per heavy atom.